The van der Waals surface area contributed by atoms with E-state index in [1.807, 2.05) is 0 Å². The van der Waals surface area contributed by atoms with Crippen LogP contribution in [0, 0.1) is 29.1 Å². The highest BCUT2D eigenvalue weighted by molar-refractivity contribution is 4.90. The van der Waals surface area contributed by atoms with Gasteiger partial charge in [-0.2, -0.15) is 0 Å². The Hall–Kier alpha value is 0. The van der Waals surface area contributed by atoms with Gasteiger partial charge < -0.3 is 0 Å². The first-order valence-corrected chi connectivity index (χ1v) is 9.00. The standard InChI is InChI=1S/C19H36/c1-15(2)13-16-9-8-12-18(14-16)19(3,4)17-10-6-5-7-11-17/h15-18H,5-14H2,1-4H3. The van der Waals surface area contributed by atoms with Crippen molar-refractivity contribution in [1.29, 1.82) is 0 Å². The summed E-state index contributed by atoms with van der Waals surface area (Å²) in [5.41, 5.74) is 0.607. The average Bonchev–Trinajstić information content (AvgIpc) is 2.39. The molecule has 0 heterocycles. The zero-order chi connectivity index (χ0) is 13.9. The first-order valence-electron chi connectivity index (χ1n) is 9.00. The van der Waals surface area contributed by atoms with Crippen LogP contribution in [0.1, 0.15) is 91.9 Å². The molecule has 0 amide bonds. The van der Waals surface area contributed by atoms with Crippen molar-refractivity contribution in [1.82, 2.24) is 0 Å². The zero-order valence-corrected chi connectivity index (χ0v) is 13.9. The molecule has 0 bridgehead atoms. The maximum Gasteiger partial charge on any atom is -0.0297 e. The molecule has 0 aromatic heterocycles. The van der Waals surface area contributed by atoms with E-state index in [0.29, 0.717) is 5.41 Å². The van der Waals surface area contributed by atoms with Crippen molar-refractivity contribution in [3.63, 3.8) is 0 Å². The molecular weight excluding hydrogens is 228 g/mol. The van der Waals surface area contributed by atoms with Crippen molar-refractivity contribution in [3.05, 3.63) is 0 Å². The second kappa shape index (κ2) is 6.64. The van der Waals surface area contributed by atoms with Crippen LogP contribution >= 0.6 is 0 Å². The molecule has 2 unspecified atom stereocenters. The van der Waals surface area contributed by atoms with E-state index in [-0.39, 0.29) is 0 Å². The van der Waals surface area contributed by atoms with Crippen LogP contribution in [0.2, 0.25) is 0 Å². The van der Waals surface area contributed by atoms with Crippen LogP contribution in [0.5, 0.6) is 0 Å². The van der Waals surface area contributed by atoms with Crippen LogP contribution in [0.15, 0.2) is 0 Å². The summed E-state index contributed by atoms with van der Waals surface area (Å²) in [7, 11) is 0. The number of hydrogen-bond donors (Lipinski definition) is 0. The molecule has 0 spiro atoms. The fourth-order valence-electron chi connectivity index (χ4n) is 5.03. The molecule has 2 saturated carbocycles. The molecule has 2 aliphatic rings. The molecule has 0 aromatic rings. The van der Waals surface area contributed by atoms with Crippen LogP contribution < -0.4 is 0 Å². The van der Waals surface area contributed by atoms with Gasteiger partial charge >= 0.3 is 0 Å². The van der Waals surface area contributed by atoms with Gasteiger partial charge in [0, 0.05) is 0 Å². The normalized spacial score (nSPS) is 30.8. The molecule has 0 N–H and O–H groups in total. The van der Waals surface area contributed by atoms with Gasteiger partial charge in [-0.05, 0) is 61.2 Å². The fourth-order valence-corrected chi connectivity index (χ4v) is 5.03. The van der Waals surface area contributed by atoms with Crippen LogP contribution in [-0.2, 0) is 0 Å². The summed E-state index contributed by atoms with van der Waals surface area (Å²) in [6.45, 7) is 10.0. The third kappa shape index (κ3) is 3.99. The summed E-state index contributed by atoms with van der Waals surface area (Å²) in [5, 5.41) is 0. The highest BCUT2D eigenvalue weighted by Gasteiger charge is 2.39. The Morgan fingerprint density at radius 3 is 2.11 bits per heavy atom. The third-order valence-electron chi connectivity index (χ3n) is 6.30. The molecule has 0 saturated heterocycles. The molecule has 2 rings (SSSR count). The van der Waals surface area contributed by atoms with Gasteiger partial charge in [-0.15, -0.1) is 0 Å². The highest BCUT2D eigenvalue weighted by Crippen LogP contribution is 2.49. The lowest BCUT2D eigenvalue weighted by Crippen LogP contribution is -2.37. The van der Waals surface area contributed by atoms with Crippen molar-refractivity contribution in [2.45, 2.75) is 91.9 Å². The first-order chi connectivity index (χ1) is 9.00. The minimum Gasteiger partial charge on any atom is -0.0628 e. The predicted molar refractivity (Wildman–Crippen MR) is 85.3 cm³/mol. The summed E-state index contributed by atoms with van der Waals surface area (Å²) < 4.78 is 0. The smallest absolute Gasteiger partial charge is 0.0297 e. The molecule has 0 aromatic carbocycles. The summed E-state index contributed by atoms with van der Waals surface area (Å²) in [6, 6.07) is 0. The van der Waals surface area contributed by atoms with Crippen LogP contribution in [0.25, 0.3) is 0 Å². The van der Waals surface area contributed by atoms with Crippen LogP contribution in [0.3, 0.4) is 0 Å². The Bertz CT molecular complexity index is 257. The molecule has 2 atom stereocenters. The monoisotopic (exact) mass is 264 g/mol. The lowest BCUT2D eigenvalue weighted by atomic mass is 9.59. The van der Waals surface area contributed by atoms with Gasteiger partial charge in [0.05, 0.1) is 0 Å². The Labute approximate surface area is 121 Å². The summed E-state index contributed by atoms with van der Waals surface area (Å²) >= 11 is 0. The maximum absolute atomic E-state index is 2.60. The SMILES string of the molecule is CC(C)CC1CCCC(C(C)(C)C2CCCCC2)C1. The van der Waals surface area contributed by atoms with Crippen molar-refractivity contribution < 1.29 is 0 Å². The van der Waals surface area contributed by atoms with E-state index in [9.17, 15) is 0 Å². The second-order valence-corrected chi connectivity index (χ2v) is 8.52. The van der Waals surface area contributed by atoms with Gasteiger partial charge in [0.15, 0.2) is 0 Å². The summed E-state index contributed by atoms with van der Waals surface area (Å²) in [6.07, 6.45) is 15.0. The van der Waals surface area contributed by atoms with Crippen molar-refractivity contribution >= 4 is 0 Å². The molecule has 2 aliphatic carbocycles. The van der Waals surface area contributed by atoms with E-state index < -0.39 is 0 Å². The van der Waals surface area contributed by atoms with Gasteiger partial charge in [-0.1, -0.05) is 59.8 Å². The molecule has 0 heteroatoms. The lowest BCUT2D eigenvalue weighted by molar-refractivity contribution is 0.0397. The Balaban J connectivity index is 1.94. The summed E-state index contributed by atoms with van der Waals surface area (Å²) in [5.74, 6) is 3.94. The largest absolute Gasteiger partial charge is 0.0628 e. The van der Waals surface area contributed by atoms with Gasteiger partial charge in [-0.25, -0.2) is 0 Å². The van der Waals surface area contributed by atoms with E-state index in [1.54, 1.807) is 0 Å². The minimum atomic E-state index is 0.607. The van der Waals surface area contributed by atoms with Gasteiger partial charge in [-0.3, -0.25) is 0 Å². The zero-order valence-electron chi connectivity index (χ0n) is 13.9. The number of rotatable bonds is 4. The van der Waals surface area contributed by atoms with E-state index in [0.717, 1.165) is 23.7 Å². The molecule has 0 aliphatic heterocycles. The maximum atomic E-state index is 2.60. The Kier molecular flexibility index (Phi) is 5.37. The Morgan fingerprint density at radius 2 is 1.47 bits per heavy atom. The van der Waals surface area contributed by atoms with Gasteiger partial charge in [0.1, 0.15) is 0 Å². The van der Waals surface area contributed by atoms with Gasteiger partial charge in [0.2, 0.25) is 0 Å². The molecular formula is C19H36. The molecule has 112 valence electrons. The lowest BCUT2D eigenvalue weighted by Gasteiger charge is -2.46. The van der Waals surface area contributed by atoms with E-state index in [1.165, 1.54) is 64.2 Å². The van der Waals surface area contributed by atoms with Gasteiger partial charge in [0.25, 0.3) is 0 Å². The van der Waals surface area contributed by atoms with E-state index in [4.69, 9.17) is 0 Å². The average molecular weight is 264 g/mol. The molecule has 19 heavy (non-hydrogen) atoms. The number of hydrogen-bond acceptors (Lipinski definition) is 0. The summed E-state index contributed by atoms with van der Waals surface area (Å²) in [4.78, 5) is 0. The van der Waals surface area contributed by atoms with E-state index >= 15 is 0 Å². The fraction of sp³-hybridized carbons (Fsp3) is 1.00. The Morgan fingerprint density at radius 1 is 0.842 bits per heavy atom. The second-order valence-electron chi connectivity index (χ2n) is 8.52. The first kappa shape index (κ1) is 15.4. The quantitative estimate of drug-likeness (QED) is 0.547. The minimum absolute atomic E-state index is 0.607. The third-order valence-corrected chi connectivity index (χ3v) is 6.30. The molecule has 2 fully saturated rings. The van der Waals surface area contributed by atoms with Crippen molar-refractivity contribution in [3.8, 4) is 0 Å². The van der Waals surface area contributed by atoms with Crippen molar-refractivity contribution in [2.24, 2.45) is 29.1 Å². The molecule has 0 radical (unpaired) electrons. The molecule has 0 nitrogen and oxygen atoms in total. The van der Waals surface area contributed by atoms with Crippen LogP contribution in [-0.4, -0.2) is 0 Å². The van der Waals surface area contributed by atoms with Crippen molar-refractivity contribution in [2.75, 3.05) is 0 Å². The highest BCUT2D eigenvalue weighted by atomic mass is 14.4. The topological polar surface area (TPSA) is 0 Å². The predicted octanol–water partition coefficient (Wildman–Crippen LogP) is 6.45. The van der Waals surface area contributed by atoms with Crippen LogP contribution in [0.4, 0.5) is 0 Å². The van der Waals surface area contributed by atoms with E-state index in [2.05, 4.69) is 27.7 Å².